The number of nitrogens with zero attached hydrogens (tertiary/aromatic N) is 1. The second-order valence-corrected chi connectivity index (χ2v) is 6.56. The highest BCUT2D eigenvalue weighted by atomic mass is 16.3. The van der Waals surface area contributed by atoms with Crippen molar-refractivity contribution in [1.82, 2.24) is 4.90 Å². The van der Waals surface area contributed by atoms with Crippen molar-refractivity contribution in [3.63, 3.8) is 0 Å². The van der Waals surface area contributed by atoms with Crippen LogP contribution in [0, 0.1) is 0 Å². The van der Waals surface area contributed by atoms with Gasteiger partial charge in [-0.15, -0.1) is 0 Å². The van der Waals surface area contributed by atoms with Crippen LogP contribution in [0.2, 0.25) is 0 Å². The van der Waals surface area contributed by atoms with E-state index in [1.165, 1.54) is 6.92 Å². The molecule has 1 aliphatic carbocycles. The van der Waals surface area contributed by atoms with E-state index < -0.39 is 23.2 Å². The summed E-state index contributed by atoms with van der Waals surface area (Å²) in [6, 6.07) is 19.1. The van der Waals surface area contributed by atoms with Gasteiger partial charge in [-0.1, -0.05) is 60.7 Å². The summed E-state index contributed by atoms with van der Waals surface area (Å²) >= 11 is 0. The van der Waals surface area contributed by atoms with Crippen LogP contribution in [0.5, 0.6) is 0 Å². The highest BCUT2D eigenvalue weighted by Gasteiger charge is 2.50. The molecule has 0 spiro atoms. The maximum atomic E-state index is 12.4. The van der Waals surface area contributed by atoms with Crippen molar-refractivity contribution < 1.29 is 14.7 Å². The molecule has 4 nitrogen and oxygen atoms in total. The highest BCUT2D eigenvalue weighted by molar-refractivity contribution is 6.44. The minimum absolute atomic E-state index is 0.143. The average molecular weight is 323 g/mol. The second kappa shape index (κ2) is 6.67. The maximum Gasteiger partial charge on any atom is 0.231 e. The van der Waals surface area contributed by atoms with Crippen LogP contribution in [0.15, 0.2) is 60.7 Å². The predicted molar refractivity (Wildman–Crippen MR) is 91.2 cm³/mol. The minimum atomic E-state index is -1.56. The van der Waals surface area contributed by atoms with Crippen molar-refractivity contribution in [2.45, 2.75) is 38.1 Å². The monoisotopic (exact) mass is 323 g/mol. The van der Waals surface area contributed by atoms with Gasteiger partial charge in [0.15, 0.2) is 0 Å². The van der Waals surface area contributed by atoms with Gasteiger partial charge in [0, 0.05) is 19.5 Å². The number of benzene rings is 2. The third-order valence-corrected chi connectivity index (χ3v) is 4.50. The fourth-order valence-corrected chi connectivity index (χ4v) is 3.19. The minimum Gasteiger partial charge on any atom is -0.382 e. The van der Waals surface area contributed by atoms with Gasteiger partial charge in [0.2, 0.25) is 11.6 Å². The number of rotatable bonds is 5. The van der Waals surface area contributed by atoms with Crippen LogP contribution in [-0.4, -0.2) is 33.2 Å². The number of hydrogen-bond donors (Lipinski definition) is 1. The average Bonchev–Trinajstić information content (AvgIpc) is 2.79. The number of carbonyl (C=O) groups excluding carboxylic acids is 2. The Balaban J connectivity index is 1.87. The van der Waals surface area contributed by atoms with E-state index >= 15 is 0 Å². The Morgan fingerprint density at radius 3 is 1.79 bits per heavy atom. The molecule has 124 valence electrons. The first-order chi connectivity index (χ1) is 11.5. The molecule has 2 unspecified atom stereocenters. The van der Waals surface area contributed by atoms with Crippen molar-refractivity contribution in [1.29, 1.82) is 0 Å². The Bertz CT molecular complexity index is 684. The van der Waals surface area contributed by atoms with Crippen molar-refractivity contribution in [2.24, 2.45) is 0 Å². The molecular weight excluding hydrogens is 302 g/mol. The fraction of sp³-hybridized carbons (Fsp3) is 0.300. The van der Waals surface area contributed by atoms with Crippen LogP contribution in [-0.2, 0) is 22.7 Å². The van der Waals surface area contributed by atoms with Gasteiger partial charge in [-0.2, -0.15) is 0 Å². The van der Waals surface area contributed by atoms with Gasteiger partial charge in [0.1, 0.15) is 5.60 Å². The number of ketones is 2. The Hall–Kier alpha value is -2.30. The lowest BCUT2D eigenvalue weighted by Gasteiger charge is -2.28. The maximum absolute atomic E-state index is 12.4. The lowest BCUT2D eigenvalue weighted by Crippen LogP contribution is -2.38. The zero-order valence-electron chi connectivity index (χ0n) is 13.7. The topological polar surface area (TPSA) is 57.6 Å². The first-order valence-electron chi connectivity index (χ1n) is 8.10. The summed E-state index contributed by atoms with van der Waals surface area (Å²) in [5, 5.41) is 10.2. The summed E-state index contributed by atoms with van der Waals surface area (Å²) in [6.45, 7) is 2.53. The molecule has 0 aliphatic heterocycles. The number of carbonyl (C=O) groups is 2. The van der Waals surface area contributed by atoms with Crippen LogP contribution >= 0.6 is 0 Å². The Kier molecular flexibility index (Phi) is 4.60. The van der Waals surface area contributed by atoms with E-state index in [4.69, 9.17) is 0 Å². The molecule has 1 saturated carbocycles. The Morgan fingerprint density at radius 2 is 1.42 bits per heavy atom. The molecule has 2 aromatic rings. The number of hydrogen-bond acceptors (Lipinski definition) is 4. The standard InChI is InChI=1S/C20H21NO3/c1-20(24)12-17(18(22)19(20)23)21(13-15-8-4-2-5-9-15)14-16-10-6-3-7-11-16/h2-11,17,24H,12-14H2,1H3. The third kappa shape index (κ3) is 3.45. The normalized spacial score (nSPS) is 23.9. The molecule has 0 radical (unpaired) electrons. The van der Waals surface area contributed by atoms with Crippen LogP contribution < -0.4 is 0 Å². The van der Waals surface area contributed by atoms with Gasteiger partial charge in [-0.3, -0.25) is 14.5 Å². The van der Waals surface area contributed by atoms with Crippen LogP contribution in [0.25, 0.3) is 0 Å². The predicted octanol–water partition coefficient (Wildman–Crippen LogP) is 2.35. The van der Waals surface area contributed by atoms with Crippen LogP contribution in [0.4, 0.5) is 0 Å². The fourth-order valence-electron chi connectivity index (χ4n) is 3.19. The lowest BCUT2D eigenvalue weighted by atomic mass is 10.0. The van der Waals surface area contributed by atoms with Crippen LogP contribution in [0.3, 0.4) is 0 Å². The molecule has 1 fully saturated rings. The van der Waals surface area contributed by atoms with Gasteiger partial charge in [-0.05, 0) is 18.1 Å². The van der Waals surface area contributed by atoms with Gasteiger partial charge < -0.3 is 5.11 Å². The zero-order chi connectivity index (χ0) is 17.2. The van der Waals surface area contributed by atoms with E-state index in [0.29, 0.717) is 13.1 Å². The molecule has 0 amide bonds. The summed E-state index contributed by atoms with van der Waals surface area (Å²) in [4.78, 5) is 26.4. The van der Waals surface area contributed by atoms with Crippen molar-refractivity contribution in [3.05, 3.63) is 71.8 Å². The molecule has 1 N–H and O–H groups in total. The first-order valence-corrected chi connectivity index (χ1v) is 8.10. The largest absolute Gasteiger partial charge is 0.382 e. The molecule has 1 aliphatic rings. The summed E-state index contributed by atoms with van der Waals surface area (Å²) in [6.07, 6.45) is 0.143. The smallest absolute Gasteiger partial charge is 0.231 e. The molecular formula is C20H21NO3. The molecule has 3 rings (SSSR count). The van der Waals surface area contributed by atoms with Crippen LogP contribution in [0.1, 0.15) is 24.5 Å². The Morgan fingerprint density at radius 1 is 0.958 bits per heavy atom. The van der Waals surface area contributed by atoms with E-state index in [-0.39, 0.29) is 6.42 Å². The molecule has 24 heavy (non-hydrogen) atoms. The summed E-state index contributed by atoms with van der Waals surface area (Å²) < 4.78 is 0. The summed E-state index contributed by atoms with van der Waals surface area (Å²) in [5.41, 5.74) is 0.577. The van der Waals surface area contributed by atoms with E-state index in [1.54, 1.807) is 0 Å². The molecule has 0 bridgehead atoms. The van der Waals surface area contributed by atoms with E-state index in [9.17, 15) is 14.7 Å². The Labute approximate surface area is 141 Å². The van der Waals surface area contributed by atoms with Gasteiger partial charge in [-0.25, -0.2) is 0 Å². The molecule has 2 aromatic carbocycles. The quantitative estimate of drug-likeness (QED) is 0.858. The van der Waals surface area contributed by atoms with E-state index in [1.807, 2.05) is 65.6 Å². The van der Waals surface area contributed by atoms with E-state index in [2.05, 4.69) is 0 Å². The number of Topliss-reactive ketones (excluding diaryl/α,β-unsaturated/α-hetero) is 2. The second-order valence-electron chi connectivity index (χ2n) is 6.56. The van der Waals surface area contributed by atoms with Gasteiger partial charge in [0.05, 0.1) is 6.04 Å². The van der Waals surface area contributed by atoms with Crippen molar-refractivity contribution in [2.75, 3.05) is 0 Å². The molecule has 4 heteroatoms. The van der Waals surface area contributed by atoms with Crippen molar-refractivity contribution >= 4 is 11.6 Å². The molecule has 0 heterocycles. The SMILES string of the molecule is CC1(O)CC(N(Cc2ccccc2)Cc2ccccc2)C(=O)C1=O. The molecule has 2 atom stereocenters. The zero-order valence-corrected chi connectivity index (χ0v) is 13.7. The lowest BCUT2D eigenvalue weighted by molar-refractivity contribution is -0.142. The first kappa shape index (κ1) is 16.6. The van der Waals surface area contributed by atoms with Crippen molar-refractivity contribution in [3.8, 4) is 0 Å². The van der Waals surface area contributed by atoms with Gasteiger partial charge in [0.25, 0.3) is 0 Å². The van der Waals surface area contributed by atoms with E-state index in [0.717, 1.165) is 11.1 Å². The third-order valence-electron chi connectivity index (χ3n) is 4.50. The summed E-state index contributed by atoms with van der Waals surface area (Å²) in [7, 11) is 0. The van der Waals surface area contributed by atoms with Gasteiger partial charge >= 0.3 is 0 Å². The molecule has 0 saturated heterocycles. The number of aliphatic hydroxyl groups is 1. The highest BCUT2D eigenvalue weighted by Crippen LogP contribution is 2.29. The molecule has 0 aromatic heterocycles. The summed E-state index contributed by atoms with van der Waals surface area (Å²) in [5.74, 6) is -1.18.